The Hall–Kier alpha value is -2.76. The molecule has 29 heavy (non-hydrogen) atoms. The lowest BCUT2D eigenvalue weighted by molar-refractivity contribution is 0.0988. The maximum absolute atomic E-state index is 12.9. The number of amides is 2. The number of carbonyl (C=O) groups is 1. The number of urea groups is 1. The third kappa shape index (κ3) is 5.19. The number of fused-ring (bicyclic) bond motifs is 1. The molecule has 0 unspecified atom stereocenters. The van der Waals surface area contributed by atoms with Crippen molar-refractivity contribution in [1.29, 1.82) is 0 Å². The lowest BCUT2D eigenvalue weighted by atomic mass is 9.95. The molecule has 2 amide bonds. The van der Waals surface area contributed by atoms with Gasteiger partial charge in [0.1, 0.15) is 6.61 Å². The minimum absolute atomic E-state index is 0.0409. The molecule has 6 heteroatoms. The van der Waals surface area contributed by atoms with Crippen LogP contribution in [0.5, 0.6) is 0 Å². The summed E-state index contributed by atoms with van der Waals surface area (Å²) in [4.78, 5) is 34.6. The van der Waals surface area contributed by atoms with Crippen molar-refractivity contribution < 1.29 is 9.63 Å². The fourth-order valence-corrected chi connectivity index (χ4v) is 3.97. The highest BCUT2D eigenvalue weighted by Crippen LogP contribution is 2.22. The Morgan fingerprint density at radius 2 is 1.97 bits per heavy atom. The maximum Gasteiger partial charge on any atom is 0.320 e. The number of benzene rings is 1. The van der Waals surface area contributed by atoms with Crippen LogP contribution in [-0.4, -0.2) is 53.3 Å². The quantitative estimate of drug-likeness (QED) is 0.504. The molecule has 0 spiro atoms. The molecule has 0 N–H and O–H groups in total. The Labute approximate surface area is 172 Å². The first-order valence-electron chi connectivity index (χ1n) is 10.5. The largest absolute Gasteiger partial charge is 0.410 e. The summed E-state index contributed by atoms with van der Waals surface area (Å²) in [7, 11) is 1.90. The summed E-state index contributed by atoms with van der Waals surface area (Å²) in [6, 6.07) is 11.3. The molecule has 0 saturated heterocycles. The van der Waals surface area contributed by atoms with Gasteiger partial charge in [-0.25, -0.2) is 4.79 Å². The van der Waals surface area contributed by atoms with Crippen LogP contribution in [-0.2, 0) is 0 Å². The molecule has 0 aliphatic heterocycles. The number of rotatable bonds is 8. The van der Waals surface area contributed by atoms with Gasteiger partial charge in [-0.1, -0.05) is 43.5 Å². The number of hydrogen-bond acceptors (Lipinski definition) is 3. The first kappa shape index (κ1) is 21.0. The summed E-state index contributed by atoms with van der Waals surface area (Å²) < 4.78 is 1.34. The first-order chi connectivity index (χ1) is 14.1. The molecule has 1 aromatic carbocycles. The van der Waals surface area contributed by atoms with Gasteiger partial charge in [-0.2, -0.15) is 0 Å². The van der Waals surface area contributed by atoms with Crippen LogP contribution in [0.15, 0.2) is 53.8 Å². The second kappa shape index (κ2) is 10.1. The summed E-state index contributed by atoms with van der Waals surface area (Å²) in [6.45, 7) is 5.20. The molecule has 2 aromatic rings. The van der Waals surface area contributed by atoms with E-state index in [2.05, 4.69) is 6.58 Å². The lowest BCUT2D eigenvalue weighted by Crippen LogP contribution is -2.47. The van der Waals surface area contributed by atoms with Crippen molar-refractivity contribution in [2.45, 2.75) is 44.6 Å². The maximum atomic E-state index is 12.9. The molecule has 6 nitrogen and oxygen atoms in total. The van der Waals surface area contributed by atoms with Crippen LogP contribution < -0.4 is 10.4 Å². The van der Waals surface area contributed by atoms with E-state index in [9.17, 15) is 9.59 Å². The van der Waals surface area contributed by atoms with Crippen LogP contribution in [0, 0.1) is 0 Å². The highest BCUT2D eigenvalue weighted by atomic mass is 16.7. The van der Waals surface area contributed by atoms with Crippen molar-refractivity contribution in [2.75, 3.05) is 26.7 Å². The van der Waals surface area contributed by atoms with Crippen molar-refractivity contribution in [2.24, 2.45) is 0 Å². The van der Waals surface area contributed by atoms with Gasteiger partial charge in [0, 0.05) is 44.1 Å². The van der Waals surface area contributed by atoms with Gasteiger partial charge < -0.3 is 14.6 Å². The average molecular weight is 398 g/mol. The van der Waals surface area contributed by atoms with E-state index in [4.69, 9.17) is 4.84 Å². The van der Waals surface area contributed by atoms with Gasteiger partial charge in [0.05, 0.1) is 5.52 Å². The molecule has 1 aliphatic rings. The Bertz CT molecular complexity index is 886. The fourth-order valence-electron chi connectivity index (χ4n) is 3.97. The van der Waals surface area contributed by atoms with Crippen molar-refractivity contribution in [3.8, 4) is 0 Å². The second-order valence-electron chi connectivity index (χ2n) is 7.63. The van der Waals surface area contributed by atoms with Gasteiger partial charge in [0.2, 0.25) is 0 Å². The van der Waals surface area contributed by atoms with Gasteiger partial charge >= 0.3 is 6.03 Å². The summed E-state index contributed by atoms with van der Waals surface area (Å²) >= 11 is 0. The number of nitrogens with zero attached hydrogens (tertiary/aromatic N) is 3. The Morgan fingerprint density at radius 3 is 2.72 bits per heavy atom. The third-order valence-electron chi connectivity index (χ3n) is 5.60. The van der Waals surface area contributed by atoms with Crippen molar-refractivity contribution in [3.63, 3.8) is 0 Å². The van der Waals surface area contributed by atoms with Gasteiger partial charge in [-0.15, -0.1) is 11.3 Å². The molecule has 156 valence electrons. The van der Waals surface area contributed by atoms with Gasteiger partial charge in [-0.05, 0) is 25.0 Å². The van der Waals surface area contributed by atoms with Crippen LogP contribution >= 0.6 is 0 Å². The number of carbonyl (C=O) groups excluding carboxylic acids is 1. The zero-order chi connectivity index (χ0) is 20.6. The molecular weight excluding hydrogens is 366 g/mol. The SMILES string of the molecule is C=CCN(CCCOn1c(=O)ccc2ccccc21)C(=O)N(C)C1CCCCC1. The molecule has 0 atom stereocenters. The Kier molecular flexibility index (Phi) is 7.33. The van der Waals surface area contributed by atoms with E-state index >= 15 is 0 Å². The summed E-state index contributed by atoms with van der Waals surface area (Å²) in [6.07, 6.45) is 8.19. The van der Waals surface area contributed by atoms with Crippen LogP contribution in [0.1, 0.15) is 38.5 Å². The van der Waals surface area contributed by atoms with E-state index in [1.807, 2.05) is 36.2 Å². The van der Waals surface area contributed by atoms with Crippen molar-refractivity contribution in [3.05, 3.63) is 59.4 Å². The standard InChI is InChI=1S/C23H31N3O3/c1-3-16-25(23(28)24(2)20-11-5-4-6-12-20)17-9-18-29-26-21-13-8-7-10-19(21)14-15-22(26)27/h3,7-8,10,13-15,20H,1,4-6,9,11-12,16-18H2,2H3. The van der Waals surface area contributed by atoms with E-state index in [0.29, 0.717) is 32.2 Å². The molecule has 3 rings (SSSR count). The molecule has 1 saturated carbocycles. The zero-order valence-electron chi connectivity index (χ0n) is 17.3. The minimum Gasteiger partial charge on any atom is -0.410 e. The molecular formula is C23H31N3O3. The monoisotopic (exact) mass is 397 g/mol. The van der Waals surface area contributed by atoms with Crippen LogP contribution in [0.3, 0.4) is 0 Å². The molecule has 1 aliphatic carbocycles. The fraction of sp³-hybridized carbons (Fsp3) is 0.478. The third-order valence-corrected chi connectivity index (χ3v) is 5.60. The summed E-state index contributed by atoms with van der Waals surface area (Å²) in [5.74, 6) is 0. The number of pyridine rings is 1. The molecule has 0 bridgehead atoms. The smallest absolute Gasteiger partial charge is 0.320 e. The average Bonchev–Trinajstić information content (AvgIpc) is 2.76. The number of aromatic nitrogens is 1. The van der Waals surface area contributed by atoms with E-state index in [-0.39, 0.29) is 11.6 Å². The van der Waals surface area contributed by atoms with Gasteiger partial charge in [0.25, 0.3) is 5.56 Å². The van der Waals surface area contributed by atoms with Crippen LogP contribution in [0.25, 0.3) is 10.9 Å². The molecule has 1 fully saturated rings. The molecule has 1 heterocycles. The number of para-hydroxylation sites is 1. The van der Waals surface area contributed by atoms with E-state index < -0.39 is 0 Å². The normalized spacial score (nSPS) is 14.5. The molecule has 1 aromatic heterocycles. The predicted molar refractivity (Wildman–Crippen MR) is 116 cm³/mol. The van der Waals surface area contributed by atoms with E-state index in [1.54, 1.807) is 17.0 Å². The predicted octanol–water partition coefficient (Wildman–Crippen LogP) is 3.69. The molecule has 0 radical (unpaired) electrons. The zero-order valence-corrected chi connectivity index (χ0v) is 17.3. The van der Waals surface area contributed by atoms with Gasteiger partial charge in [0.15, 0.2) is 0 Å². The van der Waals surface area contributed by atoms with Crippen LogP contribution in [0.2, 0.25) is 0 Å². The summed E-state index contributed by atoms with van der Waals surface area (Å²) in [5.41, 5.74) is 0.552. The highest BCUT2D eigenvalue weighted by molar-refractivity contribution is 5.78. The minimum atomic E-state index is -0.195. The number of hydrogen-bond donors (Lipinski definition) is 0. The Morgan fingerprint density at radius 1 is 1.21 bits per heavy atom. The first-order valence-corrected chi connectivity index (χ1v) is 10.5. The highest BCUT2D eigenvalue weighted by Gasteiger charge is 2.25. The van der Waals surface area contributed by atoms with E-state index in [1.165, 1.54) is 30.1 Å². The summed E-state index contributed by atoms with van der Waals surface area (Å²) in [5, 5.41) is 0.949. The van der Waals surface area contributed by atoms with Gasteiger partial charge in [-0.3, -0.25) is 4.79 Å². The van der Waals surface area contributed by atoms with Crippen molar-refractivity contribution >= 4 is 16.9 Å². The Balaban J connectivity index is 1.57. The lowest BCUT2D eigenvalue weighted by Gasteiger charge is -2.35. The van der Waals surface area contributed by atoms with Crippen LogP contribution in [0.4, 0.5) is 4.79 Å². The van der Waals surface area contributed by atoms with E-state index in [0.717, 1.165) is 23.7 Å². The topological polar surface area (TPSA) is 54.8 Å². The second-order valence-corrected chi connectivity index (χ2v) is 7.63. The van der Waals surface area contributed by atoms with Crippen molar-refractivity contribution in [1.82, 2.24) is 14.5 Å².